The van der Waals surface area contributed by atoms with Gasteiger partial charge in [-0.15, -0.1) is 5.53 Å². The van der Waals surface area contributed by atoms with Gasteiger partial charge in [0.1, 0.15) is 11.9 Å². The maximum absolute atomic E-state index is 13.8. The summed E-state index contributed by atoms with van der Waals surface area (Å²) < 4.78 is 13.8. The number of rotatable bonds is 7. The van der Waals surface area contributed by atoms with Crippen molar-refractivity contribution in [3.63, 3.8) is 0 Å². The van der Waals surface area contributed by atoms with E-state index in [0.29, 0.717) is 38.9 Å². The van der Waals surface area contributed by atoms with Crippen LogP contribution in [0.15, 0.2) is 78.8 Å². The first-order chi connectivity index (χ1) is 20.7. The Bertz CT molecular complexity index is 1740. The Balaban J connectivity index is 1.37. The summed E-state index contributed by atoms with van der Waals surface area (Å²) in [5.41, 5.74) is 11.4. The van der Waals surface area contributed by atoms with Crippen LogP contribution in [-0.2, 0) is 0 Å². The number of nitriles is 1. The minimum atomic E-state index is -0.527. The molecule has 8 nitrogen and oxygen atoms in total. The van der Waals surface area contributed by atoms with Crippen molar-refractivity contribution in [2.24, 2.45) is 0 Å². The Morgan fingerprint density at radius 3 is 2.63 bits per heavy atom. The van der Waals surface area contributed by atoms with Crippen LogP contribution in [0.5, 0.6) is 0 Å². The minimum Gasteiger partial charge on any atom is -0.373 e. The van der Waals surface area contributed by atoms with Gasteiger partial charge in [0.25, 0.3) is 0 Å². The van der Waals surface area contributed by atoms with E-state index in [2.05, 4.69) is 75.2 Å². The molecule has 1 fully saturated rings. The predicted molar refractivity (Wildman–Crippen MR) is 170 cm³/mol. The van der Waals surface area contributed by atoms with Crippen LogP contribution >= 0.6 is 23.2 Å². The second-order valence-electron chi connectivity index (χ2n) is 11.4. The highest BCUT2D eigenvalue weighted by Gasteiger charge is 2.33. The van der Waals surface area contributed by atoms with Crippen LogP contribution in [0, 0.1) is 17.1 Å². The van der Waals surface area contributed by atoms with E-state index in [1.807, 2.05) is 30.3 Å². The van der Waals surface area contributed by atoms with Gasteiger partial charge in [-0.1, -0.05) is 53.5 Å². The number of piperidine rings is 1. The Morgan fingerprint density at radius 2 is 1.88 bits per heavy atom. The summed E-state index contributed by atoms with van der Waals surface area (Å²) in [6.45, 7) is 5.41. The molecule has 1 saturated heterocycles. The van der Waals surface area contributed by atoms with Crippen molar-refractivity contribution in [2.45, 2.75) is 44.3 Å². The summed E-state index contributed by atoms with van der Waals surface area (Å²) >= 11 is 12.8. The Morgan fingerprint density at radius 1 is 1.09 bits per heavy atom. The molecule has 3 heterocycles. The van der Waals surface area contributed by atoms with Crippen molar-refractivity contribution in [3.05, 3.63) is 106 Å². The first-order valence-corrected chi connectivity index (χ1v) is 14.8. The van der Waals surface area contributed by atoms with E-state index < -0.39 is 5.82 Å². The maximum Gasteiger partial charge on any atom is 0.141 e. The van der Waals surface area contributed by atoms with Gasteiger partial charge in [0.15, 0.2) is 0 Å². The van der Waals surface area contributed by atoms with Crippen LogP contribution in [0.4, 0.5) is 21.5 Å². The molecule has 0 amide bonds. The van der Waals surface area contributed by atoms with E-state index >= 15 is 0 Å². The fourth-order valence-corrected chi connectivity index (χ4v) is 6.15. The SMILES string of the molecule is CC1(C)CC(N2C=C([C@H](Nc3cc(Cl)c4ncc(C#N)c(Nc5ccc(F)c(Cl)c5)c4c3)c3ccccc3)NN2)CCN1. The number of hydrazine groups is 2. The fraction of sp³-hybridized carbons (Fsp3) is 0.250. The molecule has 0 aliphatic carbocycles. The number of hydrogen-bond donors (Lipinski definition) is 5. The van der Waals surface area contributed by atoms with Gasteiger partial charge in [-0.3, -0.25) is 9.99 Å². The van der Waals surface area contributed by atoms with Crippen LogP contribution in [0.2, 0.25) is 10.0 Å². The van der Waals surface area contributed by atoms with Gasteiger partial charge in [0, 0.05) is 40.7 Å². The molecule has 0 saturated carbocycles. The molecule has 220 valence electrons. The summed E-state index contributed by atoms with van der Waals surface area (Å²) in [5, 5.41) is 23.5. The molecule has 11 heteroatoms. The largest absolute Gasteiger partial charge is 0.373 e. The minimum absolute atomic E-state index is 0.0268. The summed E-state index contributed by atoms with van der Waals surface area (Å²) in [7, 11) is 0. The number of pyridine rings is 1. The van der Waals surface area contributed by atoms with Crippen molar-refractivity contribution in [1.29, 1.82) is 5.26 Å². The van der Waals surface area contributed by atoms with Crippen LogP contribution in [-0.4, -0.2) is 28.1 Å². The molecule has 2 atom stereocenters. The third-order valence-corrected chi connectivity index (χ3v) is 8.39. The number of anilines is 3. The highest BCUT2D eigenvalue weighted by molar-refractivity contribution is 6.36. The lowest BCUT2D eigenvalue weighted by molar-refractivity contribution is 0.120. The highest BCUT2D eigenvalue weighted by atomic mass is 35.5. The Kier molecular flexibility index (Phi) is 8.03. The second kappa shape index (κ2) is 11.9. The highest BCUT2D eigenvalue weighted by Crippen LogP contribution is 2.37. The summed E-state index contributed by atoms with van der Waals surface area (Å²) in [6, 6.07) is 20.5. The van der Waals surface area contributed by atoms with E-state index in [1.165, 1.54) is 18.3 Å². The smallest absolute Gasteiger partial charge is 0.141 e. The Labute approximate surface area is 259 Å². The zero-order valence-electron chi connectivity index (χ0n) is 23.7. The lowest BCUT2D eigenvalue weighted by Crippen LogP contribution is -2.54. The molecular formula is C32H31Cl2FN8. The quantitative estimate of drug-likeness (QED) is 0.149. The second-order valence-corrected chi connectivity index (χ2v) is 12.3. The molecule has 3 aromatic carbocycles. The van der Waals surface area contributed by atoms with Crippen molar-refractivity contribution >= 4 is 51.2 Å². The first kappa shape index (κ1) is 29.0. The molecule has 4 aromatic rings. The van der Waals surface area contributed by atoms with Gasteiger partial charge < -0.3 is 21.4 Å². The molecule has 1 unspecified atom stereocenters. The average molecular weight is 618 g/mol. The molecule has 1 aromatic heterocycles. The lowest BCUT2D eigenvalue weighted by Gasteiger charge is -2.40. The van der Waals surface area contributed by atoms with E-state index in [1.54, 1.807) is 6.07 Å². The van der Waals surface area contributed by atoms with E-state index in [4.69, 9.17) is 23.2 Å². The molecule has 0 bridgehead atoms. The number of halogens is 3. The van der Waals surface area contributed by atoms with Gasteiger partial charge in [0.2, 0.25) is 0 Å². The fourth-order valence-electron chi connectivity index (χ4n) is 5.70. The molecule has 5 N–H and O–H groups in total. The number of aromatic nitrogens is 1. The predicted octanol–water partition coefficient (Wildman–Crippen LogP) is 7.15. The van der Waals surface area contributed by atoms with Gasteiger partial charge >= 0.3 is 0 Å². The normalized spacial score (nSPS) is 18.5. The standard InChI is InChI=1S/C32H31Cl2FN8/c1-32(2)15-23(10-11-38-32)43-18-28(41-42-43)30(19-6-4-3-5-7-19)40-22-12-24-29(39-21-8-9-27(35)25(33)13-21)20(16-36)17-37-31(24)26(34)14-22/h3-9,12-14,17-18,23,30,38,40-42H,10-11,15H2,1-2H3,(H,37,39)/t23?,30-/m1/s1. The number of fused-ring (bicyclic) bond motifs is 1. The molecule has 2 aliphatic heterocycles. The summed E-state index contributed by atoms with van der Waals surface area (Å²) in [5.74, 6) is -0.527. The van der Waals surface area contributed by atoms with E-state index in [0.717, 1.165) is 36.3 Å². The lowest BCUT2D eigenvalue weighted by atomic mass is 9.89. The molecular weight excluding hydrogens is 586 g/mol. The van der Waals surface area contributed by atoms with Gasteiger partial charge in [-0.2, -0.15) is 5.26 Å². The molecule has 0 radical (unpaired) electrons. The topological polar surface area (TPSA) is 100 Å². The first-order valence-electron chi connectivity index (χ1n) is 14.0. The zero-order valence-corrected chi connectivity index (χ0v) is 25.2. The van der Waals surface area contributed by atoms with Crippen LogP contribution in [0.25, 0.3) is 10.9 Å². The number of nitrogens with one attached hydrogen (secondary N) is 5. The van der Waals surface area contributed by atoms with Crippen molar-refractivity contribution in [3.8, 4) is 6.07 Å². The van der Waals surface area contributed by atoms with E-state index in [9.17, 15) is 9.65 Å². The molecule has 43 heavy (non-hydrogen) atoms. The number of hydrogen-bond acceptors (Lipinski definition) is 8. The number of nitrogens with zero attached hydrogens (tertiary/aromatic N) is 3. The van der Waals surface area contributed by atoms with Crippen LogP contribution in [0.1, 0.15) is 43.9 Å². The van der Waals surface area contributed by atoms with Gasteiger partial charge in [0.05, 0.1) is 38.6 Å². The summed E-state index contributed by atoms with van der Waals surface area (Å²) in [4.78, 5) is 4.46. The average Bonchev–Trinajstić information content (AvgIpc) is 3.48. The van der Waals surface area contributed by atoms with Gasteiger partial charge in [-0.05, 0) is 69.1 Å². The number of benzene rings is 3. The summed E-state index contributed by atoms with van der Waals surface area (Å²) in [6.07, 6.45) is 5.62. The van der Waals surface area contributed by atoms with Gasteiger partial charge in [-0.25, -0.2) is 4.39 Å². The molecule has 2 aliphatic rings. The maximum atomic E-state index is 13.8. The van der Waals surface area contributed by atoms with Crippen molar-refractivity contribution in [2.75, 3.05) is 17.2 Å². The molecule has 0 spiro atoms. The van der Waals surface area contributed by atoms with Crippen molar-refractivity contribution in [1.82, 2.24) is 26.3 Å². The van der Waals surface area contributed by atoms with Crippen LogP contribution in [0.3, 0.4) is 0 Å². The van der Waals surface area contributed by atoms with E-state index in [-0.39, 0.29) is 16.6 Å². The third kappa shape index (κ3) is 6.19. The van der Waals surface area contributed by atoms with Crippen molar-refractivity contribution < 1.29 is 4.39 Å². The van der Waals surface area contributed by atoms with Crippen LogP contribution < -0.4 is 26.9 Å². The zero-order chi connectivity index (χ0) is 30.1. The third-order valence-electron chi connectivity index (χ3n) is 7.82. The Hall–Kier alpha value is -4.07. The monoisotopic (exact) mass is 616 g/mol. The molecule has 6 rings (SSSR count).